The lowest BCUT2D eigenvalue weighted by Crippen LogP contribution is -2.15. The molecule has 0 nitrogen and oxygen atoms in total. The van der Waals surface area contributed by atoms with Gasteiger partial charge in [-0.05, 0) is 213 Å². The summed E-state index contributed by atoms with van der Waals surface area (Å²) < 4.78 is 0. The van der Waals surface area contributed by atoms with Gasteiger partial charge < -0.3 is 0 Å². The molecule has 392 valence electrons. The maximum atomic E-state index is 2.52. The molecule has 3 aliphatic rings. The first-order valence-electron chi connectivity index (χ1n) is 29.6. The molecule has 0 aromatic heterocycles. The van der Waals surface area contributed by atoms with Gasteiger partial charge in [0.1, 0.15) is 0 Å². The van der Waals surface area contributed by atoms with Crippen molar-refractivity contribution in [2.75, 3.05) is 0 Å². The van der Waals surface area contributed by atoms with Crippen molar-refractivity contribution < 1.29 is 0 Å². The second-order valence-electron chi connectivity index (χ2n) is 25.5. The summed E-state index contributed by atoms with van der Waals surface area (Å²) in [5.74, 6) is 0. The zero-order chi connectivity index (χ0) is 55.7. The monoisotopic (exact) mass is 1060 g/mol. The number of hydrogen-bond donors (Lipinski definition) is 0. The Labute approximate surface area is 486 Å². The van der Waals surface area contributed by atoms with E-state index in [0.29, 0.717) is 0 Å². The highest BCUT2D eigenvalue weighted by Crippen LogP contribution is 2.56. The molecule has 0 heteroatoms. The van der Waals surface area contributed by atoms with Crippen LogP contribution in [0.3, 0.4) is 0 Å². The molecule has 0 heterocycles. The molecule has 17 rings (SSSR count). The molecule has 14 aromatic rings. The highest BCUT2D eigenvalue weighted by atomic mass is 14.4. The number of hydrogen-bond acceptors (Lipinski definition) is 0. The van der Waals surface area contributed by atoms with E-state index < -0.39 is 0 Å². The van der Waals surface area contributed by atoms with Crippen molar-refractivity contribution >= 4 is 53.9 Å². The summed E-state index contributed by atoms with van der Waals surface area (Å²) in [5, 5.41) is 12.8. The highest BCUT2D eigenvalue weighted by molar-refractivity contribution is 6.23. The third-order valence-electron chi connectivity index (χ3n) is 20.0. The predicted molar refractivity (Wildman–Crippen MR) is 354 cm³/mol. The summed E-state index contributed by atoms with van der Waals surface area (Å²) >= 11 is 0. The van der Waals surface area contributed by atoms with Crippen LogP contribution in [-0.2, 0) is 16.2 Å². The number of benzene rings is 14. The molecule has 0 radical (unpaired) electrons. The molecule has 0 amide bonds. The van der Waals surface area contributed by atoms with E-state index in [-0.39, 0.29) is 16.2 Å². The zero-order valence-corrected chi connectivity index (χ0v) is 47.7. The van der Waals surface area contributed by atoms with Gasteiger partial charge in [0, 0.05) is 16.2 Å². The van der Waals surface area contributed by atoms with E-state index in [9.17, 15) is 0 Å². The smallest absolute Gasteiger partial charge is 0.0159 e. The van der Waals surface area contributed by atoms with Crippen LogP contribution in [0.15, 0.2) is 255 Å². The Balaban J connectivity index is 0.726. The van der Waals surface area contributed by atoms with E-state index in [1.807, 2.05) is 0 Å². The first-order valence-corrected chi connectivity index (χ1v) is 29.6. The second-order valence-corrected chi connectivity index (χ2v) is 25.5. The van der Waals surface area contributed by atoms with Crippen LogP contribution in [0.4, 0.5) is 0 Å². The molecule has 0 fully saturated rings. The van der Waals surface area contributed by atoms with Crippen molar-refractivity contribution in [1.29, 1.82) is 0 Å². The molecule has 0 spiro atoms. The summed E-state index contributed by atoms with van der Waals surface area (Å²) in [6, 6.07) is 97.2. The Hall–Kier alpha value is -9.62. The maximum Gasteiger partial charge on any atom is 0.0159 e. The van der Waals surface area contributed by atoms with Crippen LogP contribution in [0.25, 0.3) is 143 Å². The van der Waals surface area contributed by atoms with Gasteiger partial charge in [-0.2, -0.15) is 0 Å². The van der Waals surface area contributed by atoms with E-state index in [4.69, 9.17) is 0 Å². The standard InChI is InChI=1S/C83H60/c1-81(2)71-30-18-17-21-57(71)58-40-35-54(46-74(58)81)78-67-26-13-15-28-69(67)80(70-29-16-14-27-68(70)78)56-37-42-62-60-39-34-52(45-73(60)83(5,6)76(62)48-56)51-33-38-59-61-41-36-55(47-75(61)82(3,4)72(59)44-51)79-65-24-11-9-22-63(65)77(64-23-10-12-25-66(64)79)53-32-31-49-19-7-8-20-50(49)43-53/h7-48H,1-6H3. The topological polar surface area (TPSA) is 0 Å². The predicted octanol–water partition coefficient (Wildman–Crippen LogP) is 22.7. The summed E-state index contributed by atoms with van der Waals surface area (Å²) in [6.45, 7) is 14.5. The van der Waals surface area contributed by atoms with Crippen LogP contribution in [0, 0.1) is 0 Å². The fraction of sp³-hybridized carbons (Fsp3) is 0.108. The van der Waals surface area contributed by atoms with Crippen molar-refractivity contribution in [3.05, 3.63) is 288 Å². The van der Waals surface area contributed by atoms with Crippen LogP contribution in [0.5, 0.6) is 0 Å². The normalized spacial score (nSPS) is 14.7. The molecule has 0 bridgehead atoms. The lowest BCUT2D eigenvalue weighted by molar-refractivity contribution is 0.660. The van der Waals surface area contributed by atoms with Crippen LogP contribution in [0.1, 0.15) is 74.9 Å². The minimum absolute atomic E-state index is 0.0817. The Kier molecular flexibility index (Phi) is 9.98. The lowest BCUT2D eigenvalue weighted by Gasteiger charge is -2.24. The molecule has 14 aromatic carbocycles. The van der Waals surface area contributed by atoms with E-state index >= 15 is 0 Å². The van der Waals surface area contributed by atoms with E-state index in [1.54, 1.807) is 0 Å². The quantitative estimate of drug-likeness (QED) is 0.151. The molecule has 0 atom stereocenters. The van der Waals surface area contributed by atoms with E-state index in [1.165, 1.54) is 176 Å². The molecular formula is C83H60. The van der Waals surface area contributed by atoms with Crippen molar-refractivity contribution in [3.63, 3.8) is 0 Å². The largest absolute Gasteiger partial charge is 0.0619 e. The molecule has 0 unspecified atom stereocenters. The zero-order valence-electron chi connectivity index (χ0n) is 47.7. The van der Waals surface area contributed by atoms with Gasteiger partial charge in [0.25, 0.3) is 0 Å². The Morgan fingerprint density at radius 2 is 0.422 bits per heavy atom. The minimum atomic E-state index is -0.221. The second kappa shape index (κ2) is 17.2. The summed E-state index contributed by atoms with van der Waals surface area (Å²) in [7, 11) is 0. The average Bonchev–Trinajstić information content (AvgIpc) is 3.41. The minimum Gasteiger partial charge on any atom is -0.0619 e. The van der Waals surface area contributed by atoms with Crippen LogP contribution < -0.4 is 0 Å². The first-order chi connectivity index (χ1) is 40.4. The Morgan fingerprint density at radius 3 is 0.783 bits per heavy atom. The van der Waals surface area contributed by atoms with Gasteiger partial charge in [-0.3, -0.25) is 0 Å². The van der Waals surface area contributed by atoms with E-state index in [2.05, 4.69) is 296 Å². The molecule has 83 heavy (non-hydrogen) atoms. The summed E-state index contributed by atoms with van der Waals surface area (Å²) in [6.07, 6.45) is 0. The van der Waals surface area contributed by atoms with Crippen molar-refractivity contribution in [2.45, 2.75) is 57.8 Å². The fourth-order valence-electron chi connectivity index (χ4n) is 15.9. The fourth-order valence-corrected chi connectivity index (χ4v) is 15.9. The molecule has 0 N–H and O–H groups in total. The SMILES string of the molecule is CC1(C)c2ccccc2-c2ccc(-c3c4ccccc4c(-c4ccc5c(c4)C(C)(C)c4cc(-c6ccc7c(c6)C(C)(C)c6cc(-c8c9ccccc9c(-c9ccc%10ccccc%10c9)c9ccccc89)ccc6-7)ccc4-5)c4ccccc34)cc21. The van der Waals surface area contributed by atoms with Gasteiger partial charge >= 0.3 is 0 Å². The van der Waals surface area contributed by atoms with Gasteiger partial charge in [-0.25, -0.2) is 0 Å². The Morgan fingerprint density at radius 1 is 0.181 bits per heavy atom. The third-order valence-corrected chi connectivity index (χ3v) is 20.0. The Bertz CT molecular complexity index is 5060. The van der Waals surface area contributed by atoms with Gasteiger partial charge in [0.05, 0.1) is 0 Å². The summed E-state index contributed by atoms with van der Waals surface area (Å²) in [5.41, 5.74) is 28.6. The molecule has 0 aliphatic heterocycles. The van der Waals surface area contributed by atoms with Crippen LogP contribution in [0.2, 0.25) is 0 Å². The van der Waals surface area contributed by atoms with Gasteiger partial charge in [0.2, 0.25) is 0 Å². The van der Waals surface area contributed by atoms with Crippen LogP contribution >= 0.6 is 0 Å². The van der Waals surface area contributed by atoms with Gasteiger partial charge in [-0.1, -0.05) is 260 Å². The van der Waals surface area contributed by atoms with Crippen molar-refractivity contribution in [3.8, 4) is 89.0 Å². The number of fused-ring (bicyclic) bond motifs is 14. The number of rotatable bonds is 5. The third kappa shape index (κ3) is 6.76. The average molecular weight is 1060 g/mol. The molecule has 3 aliphatic carbocycles. The van der Waals surface area contributed by atoms with Gasteiger partial charge in [0.15, 0.2) is 0 Å². The molecular weight excluding hydrogens is 997 g/mol. The van der Waals surface area contributed by atoms with Crippen LogP contribution in [-0.4, -0.2) is 0 Å². The lowest BCUT2D eigenvalue weighted by atomic mass is 9.79. The van der Waals surface area contributed by atoms with Crippen molar-refractivity contribution in [2.24, 2.45) is 0 Å². The van der Waals surface area contributed by atoms with Crippen molar-refractivity contribution in [1.82, 2.24) is 0 Å². The summed E-state index contributed by atoms with van der Waals surface area (Å²) in [4.78, 5) is 0. The molecule has 0 saturated carbocycles. The first kappa shape index (κ1) is 48.1. The maximum absolute atomic E-state index is 2.52. The van der Waals surface area contributed by atoms with Gasteiger partial charge in [-0.15, -0.1) is 0 Å². The van der Waals surface area contributed by atoms with E-state index in [0.717, 1.165) is 0 Å². The molecule has 0 saturated heterocycles. The highest BCUT2D eigenvalue weighted by Gasteiger charge is 2.39.